The number of carboxylic acids is 1. The van der Waals surface area contributed by atoms with Gasteiger partial charge < -0.3 is 14.4 Å². The van der Waals surface area contributed by atoms with E-state index in [1.54, 1.807) is 6.20 Å². The fourth-order valence-corrected chi connectivity index (χ4v) is 3.12. The topological polar surface area (TPSA) is 83.6 Å². The molecule has 3 rings (SSSR count). The Bertz CT molecular complexity index is 751. The minimum absolute atomic E-state index is 0.151. The van der Waals surface area contributed by atoms with Crippen LogP contribution in [-0.4, -0.2) is 39.5 Å². The summed E-state index contributed by atoms with van der Waals surface area (Å²) in [6.07, 6.45) is 4.46. The largest absolute Gasteiger partial charge is 0.480 e. The zero-order valence-electron chi connectivity index (χ0n) is 14.3. The number of aryl methyl sites for hydroxylation is 2. The number of rotatable bonds is 5. The maximum Gasteiger partial charge on any atom is 0.326 e. The van der Waals surface area contributed by atoms with Crippen LogP contribution in [0.2, 0.25) is 0 Å². The third-order valence-electron chi connectivity index (χ3n) is 4.55. The predicted octanol–water partition coefficient (Wildman–Crippen LogP) is 3.05. The molecule has 1 aromatic carbocycles. The highest BCUT2D eigenvalue weighted by Crippen LogP contribution is 2.22. The van der Waals surface area contributed by atoms with Gasteiger partial charge in [-0.05, 0) is 26.2 Å². The van der Waals surface area contributed by atoms with Crippen LogP contribution in [0.1, 0.15) is 37.1 Å². The first-order chi connectivity index (χ1) is 12.0. The standard InChI is InChI=1S/C19H22N2O4/c1-13-5-7-14(8-6-13)16-12-20-17(25-16)9-10-18(22)21-11-3-2-4-15(21)19(23)24/h5-8,12,15H,2-4,9-11H2,1H3,(H,23,24). The summed E-state index contributed by atoms with van der Waals surface area (Å²) in [6.45, 7) is 2.53. The second-order valence-electron chi connectivity index (χ2n) is 6.42. The lowest BCUT2D eigenvalue weighted by Crippen LogP contribution is -2.48. The lowest BCUT2D eigenvalue weighted by Gasteiger charge is -2.32. The fraction of sp³-hybridized carbons (Fsp3) is 0.421. The van der Waals surface area contributed by atoms with Crippen LogP contribution in [0, 0.1) is 6.92 Å². The average Bonchev–Trinajstić information content (AvgIpc) is 3.09. The first kappa shape index (κ1) is 17.2. The van der Waals surface area contributed by atoms with E-state index in [4.69, 9.17) is 4.42 Å². The molecule has 1 aliphatic rings. The van der Waals surface area contributed by atoms with Crippen LogP contribution in [0.5, 0.6) is 0 Å². The number of hydrogen-bond donors (Lipinski definition) is 1. The summed E-state index contributed by atoms with van der Waals surface area (Å²) in [6, 6.07) is 7.24. The van der Waals surface area contributed by atoms with Gasteiger partial charge in [0.05, 0.1) is 6.20 Å². The van der Waals surface area contributed by atoms with Gasteiger partial charge in [0.1, 0.15) is 6.04 Å². The van der Waals surface area contributed by atoms with E-state index in [9.17, 15) is 14.7 Å². The van der Waals surface area contributed by atoms with Crippen molar-refractivity contribution in [3.63, 3.8) is 0 Å². The number of piperidine rings is 1. The third kappa shape index (κ3) is 4.07. The van der Waals surface area contributed by atoms with Crippen LogP contribution in [-0.2, 0) is 16.0 Å². The SMILES string of the molecule is Cc1ccc(-c2cnc(CCC(=O)N3CCCCC3C(=O)O)o2)cc1. The van der Waals surface area contributed by atoms with Gasteiger partial charge in [-0.2, -0.15) is 0 Å². The van der Waals surface area contributed by atoms with E-state index in [0.29, 0.717) is 31.0 Å². The van der Waals surface area contributed by atoms with Crippen molar-refractivity contribution in [3.8, 4) is 11.3 Å². The molecule has 1 fully saturated rings. The summed E-state index contributed by atoms with van der Waals surface area (Å²) in [5.74, 6) is 0.0876. The van der Waals surface area contributed by atoms with Crippen LogP contribution in [0.4, 0.5) is 0 Å². The monoisotopic (exact) mass is 342 g/mol. The van der Waals surface area contributed by atoms with Crippen molar-refractivity contribution in [3.05, 3.63) is 41.9 Å². The number of hydrogen-bond acceptors (Lipinski definition) is 4. The summed E-state index contributed by atoms with van der Waals surface area (Å²) >= 11 is 0. The number of carbonyl (C=O) groups is 2. The minimum atomic E-state index is -0.925. The molecule has 2 aromatic rings. The maximum absolute atomic E-state index is 12.4. The van der Waals surface area contributed by atoms with Gasteiger partial charge in [0, 0.05) is 24.9 Å². The van der Waals surface area contributed by atoms with Gasteiger partial charge in [-0.25, -0.2) is 9.78 Å². The van der Waals surface area contributed by atoms with E-state index in [-0.39, 0.29) is 12.3 Å². The van der Waals surface area contributed by atoms with Crippen molar-refractivity contribution in [2.75, 3.05) is 6.54 Å². The molecule has 132 valence electrons. The summed E-state index contributed by atoms with van der Waals surface area (Å²) in [7, 11) is 0. The minimum Gasteiger partial charge on any atom is -0.480 e. The molecular weight excluding hydrogens is 320 g/mol. The molecular formula is C19H22N2O4. The molecule has 0 aliphatic carbocycles. The summed E-state index contributed by atoms with van der Waals surface area (Å²) in [4.78, 5) is 29.4. The molecule has 0 bridgehead atoms. The van der Waals surface area contributed by atoms with Gasteiger partial charge in [-0.15, -0.1) is 0 Å². The van der Waals surface area contributed by atoms with E-state index < -0.39 is 12.0 Å². The molecule has 0 radical (unpaired) electrons. The second kappa shape index (κ2) is 7.51. The lowest BCUT2D eigenvalue weighted by molar-refractivity contribution is -0.152. The summed E-state index contributed by atoms with van der Waals surface area (Å²) in [5.41, 5.74) is 2.11. The lowest BCUT2D eigenvalue weighted by atomic mass is 10.0. The van der Waals surface area contributed by atoms with Gasteiger partial charge in [0.25, 0.3) is 0 Å². The average molecular weight is 342 g/mol. The van der Waals surface area contributed by atoms with Crippen molar-refractivity contribution >= 4 is 11.9 Å². The van der Waals surface area contributed by atoms with Crippen molar-refractivity contribution in [2.45, 2.75) is 45.1 Å². The number of carbonyl (C=O) groups excluding carboxylic acids is 1. The van der Waals surface area contributed by atoms with Gasteiger partial charge >= 0.3 is 5.97 Å². The van der Waals surface area contributed by atoms with E-state index in [1.165, 1.54) is 10.5 Å². The number of aromatic nitrogens is 1. The zero-order chi connectivity index (χ0) is 17.8. The predicted molar refractivity (Wildman–Crippen MR) is 92.0 cm³/mol. The van der Waals surface area contributed by atoms with Gasteiger partial charge in [0.15, 0.2) is 11.7 Å². The number of nitrogens with zero attached hydrogens (tertiary/aromatic N) is 2. The molecule has 1 unspecified atom stereocenters. The Balaban J connectivity index is 1.61. The number of carboxylic acid groups (broad SMARTS) is 1. The molecule has 1 saturated heterocycles. The Morgan fingerprint density at radius 1 is 1.28 bits per heavy atom. The Kier molecular flexibility index (Phi) is 5.16. The third-order valence-corrected chi connectivity index (χ3v) is 4.55. The first-order valence-electron chi connectivity index (χ1n) is 8.58. The van der Waals surface area contributed by atoms with Crippen molar-refractivity contribution < 1.29 is 19.1 Å². The highest BCUT2D eigenvalue weighted by atomic mass is 16.4. The normalized spacial score (nSPS) is 17.5. The van der Waals surface area contributed by atoms with E-state index in [1.807, 2.05) is 31.2 Å². The number of amides is 1. The van der Waals surface area contributed by atoms with E-state index in [2.05, 4.69) is 4.98 Å². The first-order valence-corrected chi connectivity index (χ1v) is 8.58. The van der Waals surface area contributed by atoms with Crippen LogP contribution in [0.3, 0.4) is 0 Å². The number of aliphatic carboxylic acids is 1. The van der Waals surface area contributed by atoms with Gasteiger partial charge in [0.2, 0.25) is 5.91 Å². The second-order valence-corrected chi connectivity index (χ2v) is 6.42. The van der Waals surface area contributed by atoms with Crippen molar-refractivity contribution in [2.24, 2.45) is 0 Å². The van der Waals surface area contributed by atoms with Crippen LogP contribution in [0.15, 0.2) is 34.9 Å². The molecule has 2 heterocycles. The molecule has 1 aliphatic heterocycles. The van der Waals surface area contributed by atoms with Gasteiger partial charge in [-0.3, -0.25) is 4.79 Å². The molecule has 1 aromatic heterocycles. The number of oxazole rings is 1. The highest BCUT2D eigenvalue weighted by Gasteiger charge is 2.31. The van der Waals surface area contributed by atoms with Crippen molar-refractivity contribution in [1.82, 2.24) is 9.88 Å². The van der Waals surface area contributed by atoms with E-state index in [0.717, 1.165) is 18.4 Å². The Morgan fingerprint density at radius 2 is 2.04 bits per heavy atom. The van der Waals surface area contributed by atoms with Crippen LogP contribution < -0.4 is 0 Å². The van der Waals surface area contributed by atoms with Crippen LogP contribution in [0.25, 0.3) is 11.3 Å². The smallest absolute Gasteiger partial charge is 0.326 e. The fourth-order valence-electron chi connectivity index (χ4n) is 3.12. The van der Waals surface area contributed by atoms with Gasteiger partial charge in [-0.1, -0.05) is 29.8 Å². The Labute approximate surface area is 146 Å². The van der Waals surface area contributed by atoms with E-state index >= 15 is 0 Å². The Morgan fingerprint density at radius 3 is 2.76 bits per heavy atom. The van der Waals surface area contributed by atoms with Crippen molar-refractivity contribution in [1.29, 1.82) is 0 Å². The van der Waals surface area contributed by atoms with Crippen LogP contribution >= 0.6 is 0 Å². The summed E-state index contributed by atoms with van der Waals surface area (Å²) in [5, 5.41) is 9.27. The molecule has 0 saturated carbocycles. The Hall–Kier alpha value is -2.63. The zero-order valence-corrected chi connectivity index (χ0v) is 14.3. The molecule has 1 N–H and O–H groups in total. The summed E-state index contributed by atoms with van der Waals surface area (Å²) < 4.78 is 5.72. The molecule has 1 atom stereocenters. The highest BCUT2D eigenvalue weighted by molar-refractivity contribution is 5.84. The molecule has 25 heavy (non-hydrogen) atoms. The molecule has 1 amide bonds. The maximum atomic E-state index is 12.4. The number of likely N-dealkylation sites (tertiary alicyclic amines) is 1. The quantitative estimate of drug-likeness (QED) is 0.903. The molecule has 0 spiro atoms. The molecule has 6 nitrogen and oxygen atoms in total. The number of benzene rings is 1. The molecule has 6 heteroatoms.